The molecule has 146 valence electrons. The number of carbonyl (C=O) groups is 3. The molecule has 2 aliphatic rings. The maximum Gasteiger partial charge on any atom is 0.317 e. The number of likely N-dealkylation sites (N-methyl/N-ethyl adjacent to an activating group) is 1. The second kappa shape index (κ2) is 8.39. The first-order chi connectivity index (χ1) is 13.0. The summed E-state index contributed by atoms with van der Waals surface area (Å²) in [6.45, 7) is 2.92. The topological polar surface area (TPSA) is 91.0 Å². The minimum absolute atomic E-state index is 0.0487. The maximum atomic E-state index is 12.9. The van der Waals surface area contributed by atoms with Gasteiger partial charge in [0.2, 0.25) is 11.8 Å². The van der Waals surface area contributed by atoms with E-state index in [1.54, 1.807) is 24.1 Å². The van der Waals surface area contributed by atoms with Crippen molar-refractivity contribution in [1.29, 1.82) is 0 Å². The third kappa shape index (κ3) is 4.57. The minimum Gasteiger partial charge on any atom is -0.376 e. The van der Waals surface area contributed by atoms with E-state index >= 15 is 0 Å². The van der Waals surface area contributed by atoms with Crippen molar-refractivity contribution in [3.8, 4) is 0 Å². The summed E-state index contributed by atoms with van der Waals surface area (Å²) in [6, 6.07) is 6.58. The lowest BCUT2D eigenvalue weighted by atomic mass is 10.1. The number of benzene rings is 1. The molecule has 4 amide bonds. The highest BCUT2D eigenvalue weighted by atomic mass is 16.5. The molecule has 2 N–H and O–H groups in total. The average molecular weight is 374 g/mol. The summed E-state index contributed by atoms with van der Waals surface area (Å²) in [5.41, 5.74) is 1.25. The van der Waals surface area contributed by atoms with Crippen molar-refractivity contribution in [3.63, 3.8) is 0 Å². The SMILES string of the molecule is C[C@H]1CC(=O)Nc2ccccc2N1C(=O)CN(C)C(=O)NC[C@H]1CCCO1. The highest BCUT2D eigenvalue weighted by molar-refractivity contribution is 6.05. The summed E-state index contributed by atoms with van der Waals surface area (Å²) >= 11 is 0. The number of urea groups is 1. The summed E-state index contributed by atoms with van der Waals surface area (Å²) in [4.78, 5) is 40.2. The summed E-state index contributed by atoms with van der Waals surface area (Å²) in [6.07, 6.45) is 2.20. The van der Waals surface area contributed by atoms with E-state index in [1.807, 2.05) is 19.1 Å². The zero-order valence-corrected chi connectivity index (χ0v) is 15.7. The molecule has 1 aromatic carbocycles. The number of ether oxygens (including phenoxy) is 1. The Bertz CT molecular complexity index is 717. The first-order valence-electron chi connectivity index (χ1n) is 9.27. The van der Waals surface area contributed by atoms with E-state index in [9.17, 15) is 14.4 Å². The molecule has 2 heterocycles. The predicted molar refractivity (Wildman–Crippen MR) is 102 cm³/mol. The molecule has 27 heavy (non-hydrogen) atoms. The number of nitrogens with zero attached hydrogens (tertiary/aromatic N) is 2. The van der Waals surface area contributed by atoms with Crippen molar-refractivity contribution in [2.75, 3.05) is 37.0 Å². The summed E-state index contributed by atoms with van der Waals surface area (Å²) in [5.74, 6) is -0.367. The predicted octanol–water partition coefficient (Wildman–Crippen LogP) is 1.57. The maximum absolute atomic E-state index is 12.9. The van der Waals surface area contributed by atoms with Crippen LogP contribution in [0.2, 0.25) is 0 Å². The van der Waals surface area contributed by atoms with Crippen molar-refractivity contribution >= 4 is 29.2 Å². The number of hydrogen-bond donors (Lipinski definition) is 2. The van der Waals surface area contributed by atoms with Gasteiger partial charge in [0.1, 0.15) is 6.54 Å². The van der Waals surface area contributed by atoms with E-state index in [1.165, 1.54) is 4.90 Å². The molecule has 1 aromatic rings. The summed E-state index contributed by atoms with van der Waals surface area (Å²) in [7, 11) is 1.58. The van der Waals surface area contributed by atoms with Crippen molar-refractivity contribution < 1.29 is 19.1 Å². The molecular weight excluding hydrogens is 348 g/mol. The number of para-hydroxylation sites is 2. The fourth-order valence-electron chi connectivity index (χ4n) is 3.46. The Balaban J connectivity index is 1.65. The number of anilines is 2. The van der Waals surface area contributed by atoms with Crippen molar-refractivity contribution in [1.82, 2.24) is 10.2 Å². The Hall–Kier alpha value is -2.61. The number of amides is 4. The number of hydrogen-bond acceptors (Lipinski definition) is 4. The highest BCUT2D eigenvalue weighted by Crippen LogP contribution is 2.31. The standard InChI is InChI=1S/C19H26N4O4/c1-13-10-17(24)21-15-7-3-4-8-16(15)23(13)18(25)12-22(2)19(26)20-11-14-6-5-9-27-14/h3-4,7-8,13-14H,5-6,9-12H2,1-2H3,(H,20,26)(H,21,24)/t13-,14+/m0/s1. The minimum atomic E-state index is -0.316. The summed E-state index contributed by atoms with van der Waals surface area (Å²) < 4.78 is 5.49. The molecule has 3 rings (SSSR count). The van der Waals surface area contributed by atoms with Gasteiger partial charge in [-0.2, -0.15) is 0 Å². The molecule has 0 saturated carbocycles. The lowest BCUT2D eigenvalue weighted by Gasteiger charge is -2.30. The molecule has 0 unspecified atom stereocenters. The Morgan fingerprint density at radius 1 is 1.37 bits per heavy atom. The van der Waals surface area contributed by atoms with Crippen molar-refractivity contribution in [2.24, 2.45) is 0 Å². The Labute approximate surface area is 158 Å². The van der Waals surface area contributed by atoms with E-state index < -0.39 is 0 Å². The van der Waals surface area contributed by atoms with Crippen LogP contribution in [0.1, 0.15) is 26.2 Å². The van der Waals surface area contributed by atoms with Gasteiger partial charge in [-0.05, 0) is 31.9 Å². The van der Waals surface area contributed by atoms with Gasteiger partial charge in [0, 0.05) is 32.7 Å². The van der Waals surface area contributed by atoms with Crippen LogP contribution in [-0.2, 0) is 14.3 Å². The Morgan fingerprint density at radius 3 is 2.89 bits per heavy atom. The quantitative estimate of drug-likeness (QED) is 0.837. The number of nitrogens with one attached hydrogen (secondary N) is 2. The average Bonchev–Trinajstić information content (AvgIpc) is 3.10. The van der Waals surface area contributed by atoms with Gasteiger partial charge in [-0.15, -0.1) is 0 Å². The molecule has 0 radical (unpaired) electrons. The third-order valence-corrected chi connectivity index (χ3v) is 4.85. The molecule has 2 aliphatic heterocycles. The van der Waals surface area contributed by atoms with Crippen LogP contribution < -0.4 is 15.5 Å². The van der Waals surface area contributed by atoms with E-state index in [0.717, 1.165) is 19.4 Å². The van der Waals surface area contributed by atoms with Gasteiger partial charge < -0.3 is 25.2 Å². The van der Waals surface area contributed by atoms with Crippen LogP contribution in [0.4, 0.5) is 16.2 Å². The van der Waals surface area contributed by atoms with Crippen LogP contribution in [0.5, 0.6) is 0 Å². The van der Waals surface area contributed by atoms with Gasteiger partial charge in [0.05, 0.1) is 17.5 Å². The van der Waals surface area contributed by atoms with Crippen LogP contribution in [0.3, 0.4) is 0 Å². The molecule has 0 spiro atoms. The Kier molecular flexibility index (Phi) is 5.95. The van der Waals surface area contributed by atoms with Crippen LogP contribution in [0, 0.1) is 0 Å². The summed E-state index contributed by atoms with van der Waals surface area (Å²) in [5, 5.41) is 5.63. The first-order valence-corrected chi connectivity index (χ1v) is 9.27. The van der Waals surface area contributed by atoms with Crippen molar-refractivity contribution in [2.45, 2.75) is 38.3 Å². The van der Waals surface area contributed by atoms with Crippen LogP contribution in [0.25, 0.3) is 0 Å². The number of carbonyl (C=O) groups excluding carboxylic acids is 3. The van der Waals surface area contributed by atoms with E-state index in [4.69, 9.17) is 4.74 Å². The lowest BCUT2D eigenvalue weighted by molar-refractivity contribution is -0.119. The lowest BCUT2D eigenvalue weighted by Crippen LogP contribution is -2.48. The number of fused-ring (bicyclic) bond motifs is 1. The molecule has 8 heteroatoms. The second-order valence-electron chi connectivity index (χ2n) is 7.06. The molecule has 0 aliphatic carbocycles. The van der Waals surface area contributed by atoms with Gasteiger partial charge in [0.25, 0.3) is 0 Å². The van der Waals surface area contributed by atoms with Gasteiger partial charge in [0.15, 0.2) is 0 Å². The van der Waals surface area contributed by atoms with Gasteiger partial charge in [-0.3, -0.25) is 9.59 Å². The van der Waals surface area contributed by atoms with E-state index in [2.05, 4.69) is 10.6 Å². The molecule has 2 atom stereocenters. The van der Waals surface area contributed by atoms with E-state index in [-0.39, 0.29) is 43.0 Å². The first kappa shape index (κ1) is 19.2. The fraction of sp³-hybridized carbons (Fsp3) is 0.526. The largest absolute Gasteiger partial charge is 0.376 e. The van der Waals surface area contributed by atoms with Crippen LogP contribution in [-0.4, -0.2) is 61.6 Å². The molecule has 1 saturated heterocycles. The molecule has 1 fully saturated rings. The normalized spacial score (nSPS) is 21.9. The van der Waals surface area contributed by atoms with Crippen LogP contribution >= 0.6 is 0 Å². The molecule has 0 bridgehead atoms. The zero-order valence-electron chi connectivity index (χ0n) is 15.7. The third-order valence-electron chi connectivity index (χ3n) is 4.85. The second-order valence-corrected chi connectivity index (χ2v) is 7.06. The molecule has 0 aromatic heterocycles. The molecule has 8 nitrogen and oxygen atoms in total. The monoisotopic (exact) mass is 374 g/mol. The smallest absolute Gasteiger partial charge is 0.317 e. The van der Waals surface area contributed by atoms with Gasteiger partial charge in [-0.1, -0.05) is 12.1 Å². The fourth-order valence-corrected chi connectivity index (χ4v) is 3.46. The number of rotatable bonds is 4. The van der Waals surface area contributed by atoms with Gasteiger partial charge in [-0.25, -0.2) is 4.79 Å². The van der Waals surface area contributed by atoms with Gasteiger partial charge >= 0.3 is 6.03 Å². The van der Waals surface area contributed by atoms with Crippen molar-refractivity contribution in [3.05, 3.63) is 24.3 Å². The molecular formula is C19H26N4O4. The van der Waals surface area contributed by atoms with E-state index in [0.29, 0.717) is 17.9 Å². The van der Waals surface area contributed by atoms with Crippen LogP contribution in [0.15, 0.2) is 24.3 Å². The Morgan fingerprint density at radius 2 is 2.15 bits per heavy atom. The highest BCUT2D eigenvalue weighted by Gasteiger charge is 2.30. The zero-order chi connectivity index (χ0) is 19.4.